The number of hydrogen-bond acceptors (Lipinski definition) is 1. The van der Waals surface area contributed by atoms with Crippen molar-refractivity contribution in [3.05, 3.63) is 60.2 Å². The lowest BCUT2D eigenvalue weighted by Crippen LogP contribution is -3.00. The molecule has 0 heterocycles. The molecule has 0 bridgehead atoms. The summed E-state index contributed by atoms with van der Waals surface area (Å²) in [5, 5.41) is 0. The van der Waals surface area contributed by atoms with Gasteiger partial charge in [0.15, 0.2) is 0 Å². The topological polar surface area (TPSA) is 9.23 Å². The molecule has 0 radical (unpaired) electrons. The van der Waals surface area contributed by atoms with Crippen LogP contribution in [0.3, 0.4) is 0 Å². The van der Waals surface area contributed by atoms with Gasteiger partial charge in [-0.1, -0.05) is 30.3 Å². The molecule has 0 aliphatic heterocycles. The van der Waals surface area contributed by atoms with Crippen molar-refractivity contribution in [2.75, 3.05) is 21.2 Å². The molecule has 0 fully saturated rings. The first-order valence-corrected chi connectivity index (χ1v) is 6.13. The van der Waals surface area contributed by atoms with Gasteiger partial charge >= 0.3 is 0 Å². The van der Waals surface area contributed by atoms with Crippen molar-refractivity contribution < 1.29 is 17.1 Å². The zero-order valence-corrected chi connectivity index (χ0v) is 12.4. The molecule has 2 aromatic carbocycles. The second-order valence-corrected chi connectivity index (χ2v) is 5.03. The molecule has 2 aromatic rings. The van der Waals surface area contributed by atoms with Crippen LogP contribution in [0.5, 0.6) is 5.75 Å². The smallest absolute Gasteiger partial charge is 0.132 e. The minimum atomic E-state index is 0. The third-order valence-electron chi connectivity index (χ3n) is 3.19. The van der Waals surface area contributed by atoms with Gasteiger partial charge in [0.05, 0.1) is 21.2 Å². The average Bonchev–Trinajstić information content (AvgIpc) is 2.39. The number of benzene rings is 2. The summed E-state index contributed by atoms with van der Waals surface area (Å²) >= 11 is 0. The van der Waals surface area contributed by atoms with Gasteiger partial charge in [-0.2, -0.15) is 0 Å². The van der Waals surface area contributed by atoms with Crippen LogP contribution in [0.15, 0.2) is 54.6 Å². The SMILES string of the molecule is COc1ccc([N+](C)(C)Cc2ccccc2)cc1.[Cl-]. The van der Waals surface area contributed by atoms with E-state index in [-0.39, 0.29) is 12.4 Å². The summed E-state index contributed by atoms with van der Waals surface area (Å²) < 4.78 is 6.02. The second-order valence-electron chi connectivity index (χ2n) is 5.03. The monoisotopic (exact) mass is 277 g/mol. The zero-order valence-electron chi connectivity index (χ0n) is 11.6. The number of rotatable bonds is 4. The van der Waals surface area contributed by atoms with Crippen molar-refractivity contribution >= 4 is 5.69 Å². The Hall–Kier alpha value is -1.51. The van der Waals surface area contributed by atoms with E-state index in [1.165, 1.54) is 11.3 Å². The highest BCUT2D eigenvalue weighted by atomic mass is 35.5. The lowest BCUT2D eigenvalue weighted by Gasteiger charge is -2.29. The Kier molecular flexibility index (Phi) is 5.40. The maximum atomic E-state index is 5.19. The van der Waals surface area contributed by atoms with Crippen LogP contribution >= 0.6 is 0 Å². The Morgan fingerprint density at radius 1 is 0.895 bits per heavy atom. The second kappa shape index (κ2) is 6.60. The lowest BCUT2D eigenvalue weighted by molar-refractivity contribution is -0.00000426. The Morgan fingerprint density at radius 2 is 1.47 bits per heavy atom. The van der Waals surface area contributed by atoms with Gasteiger partial charge in [0.2, 0.25) is 0 Å². The fourth-order valence-electron chi connectivity index (χ4n) is 2.12. The standard InChI is InChI=1S/C16H20NO.ClH/c1-17(2,13-14-7-5-4-6-8-14)15-9-11-16(18-3)12-10-15;/h4-12H,13H2,1-3H3;1H/q+1;/p-1. The number of hydrogen-bond donors (Lipinski definition) is 0. The predicted molar refractivity (Wildman–Crippen MR) is 76.8 cm³/mol. The molecule has 0 N–H and O–H groups in total. The van der Waals surface area contributed by atoms with Gasteiger partial charge in [-0.15, -0.1) is 0 Å². The van der Waals surface area contributed by atoms with Crippen molar-refractivity contribution in [3.8, 4) is 5.75 Å². The minimum Gasteiger partial charge on any atom is -1.00 e. The normalized spacial score (nSPS) is 10.7. The number of methoxy groups -OCH3 is 1. The van der Waals surface area contributed by atoms with Gasteiger partial charge in [-0.25, -0.2) is 0 Å². The highest BCUT2D eigenvalue weighted by Gasteiger charge is 2.19. The summed E-state index contributed by atoms with van der Waals surface area (Å²) in [7, 11) is 6.13. The maximum Gasteiger partial charge on any atom is 0.132 e. The first kappa shape index (κ1) is 15.5. The molecule has 0 aliphatic carbocycles. The van der Waals surface area contributed by atoms with Crippen molar-refractivity contribution in [2.24, 2.45) is 0 Å². The molecule has 2 rings (SSSR count). The van der Waals surface area contributed by atoms with Gasteiger partial charge in [0.25, 0.3) is 0 Å². The summed E-state index contributed by atoms with van der Waals surface area (Å²) in [6, 6.07) is 18.8. The van der Waals surface area contributed by atoms with Crippen LogP contribution in [-0.2, 0) is 6.54 Å². The third kappa shape index (κ3) is 3.98. The summed E-state index contributed by atoms with van der Waals surface area (Å²) in [5.41, 5.74) is 2.62. The van der Waals surface area contributed by atoms with Crippen molar-refractivity contribution in [1.82, 2.24) is 4.48 Å². The Labute approximate surface area is 121 Å². The van der Waals surface area contributed by atoms with Crippen LogP contribution in [0.4, 0.5) is 5.69 Å². The molecule has 19 heavy (non-hydrogen) atoms. The number of nitrogens with zero attached hydrogens (tertiary/aromatic N) is 1. The van der Waals surface area contributed by atoms with Crippen LogP contribution in [-0.4, -0.2) is 21.2 Å². The molecule has 0 saturated carbocycles. The van der Waals surface area contributed by atoms with E-state index < -0.39 is 0 Å². The van der Waals surface area contributed by atoms with Crippen LogP contribution < -0.4 is 21.6 Å². The lowest BCUT2D eigenvalue weighted by atomic mass is 10.1. The molecular weight excluding hydrogens is 258 g/mol. The highest BCUT2D eigenvalue weighted by Crippen LogP contribution is 2.24. The van der Waals surface area contributed by atoms with Crippen molar-refractivity contribution in [3.63, 3.8) is 0 Å². The van der Waals surface area contributed by atoms with E-state index in [2.05, 4.69) is 56.6 Å². The maximum absolute atomic E-state index is 5.19. The van der Waals surface area contributed by atoms with E-state index in [1.54, 1.807) is 7.11 Å². The van der Waals surface area contributed by atoms with E-state index in [0.717, 1.165) is 16.8 Å². The summed E-state index contributed by atoms with van der Waals surface area (Å²) in [5.74, 6) is 0.901. The Morgan fingerprint density at radius 3 is 2.00 bits per heavy atom. The van der Waals surface area contributed by atoms with Crippen LogP contribution in [0.25, 0.3) is 0 Å². The van der Waals surface area contributed by atoms with Crippen molar-refractivity contribution in [2.45, 2.75) is 6.54 Å². The molecule has 0 atom stereocenters. The molecule has 0 unspecified atom stereocenters. The van der Waals surface area contributed by atoms with Gasteiger partial charge < -0.3 is 17.1 Å². The van der Waals surface area contributed by atoms with Gasteiger partial charge in [0.1, 0.15) is 18.0 Å². The molecule has 0 saturated heterocycles. The fraction of sp³-hybridized carbons (Fsp3) is 0.250. The fourth-order valence-corrected chi connectivity index (χ4v) is 2.12. The van der Waals surface area contributed by atoms with E-state index in [4.69, 9.17) is 4.74 Å². The van der Waals surface area contributed by atoms with Crippen LogP contribution in [0, 0.1) is 0 Å². The summed E-state index contributed by atoms with van der Waals surface area (Å²) in [4.78, 5) is 0. The number of halogens is 1. The average molecular weight is 278 g/mol. The number of quaternary nitrogens is 1. The molecule has 3 heteroatoms. The van der Waals surface area contributed by atoms with Gasteiger partial charge in [-0.05, 0) is 12.1 Å². The molecule has 0 amide bonds. The first-order valence-electron chi connectivity index (χ1n) is 6.13. The van der Waals surface area contributed by atoms with E-state index in [1.807, 2.05) is 12.1 Å². The van der Waals surface area contributed by atoms with Crippen LogP contribution in [0.1, 0.15) is 5.56 Å². The minimum absolute atomic E-state index is 0. The van der Waals surface area contributed by atoms with E-state index in [0.29, 0.717) is 0 Å². The Balaban J connectivity index is 0.00000180. The third-order valence-corrected chi connectivity index (χ3v) is 3.19. The molecule has 0 spiro atoms. The molecular formula is C16H20ClNO. The number of ether oxygens (including phenoxy) is 1. The molecule has 2 nitrogen and oxygen atoms in total. The first-order chi connectivity index (χ1) is 8.62. The van der Waals surface area contributed by atoms with Crippen molar-refractivity contribution in [1.29, 1.82) is 0 Å². The van der Waals surface area contributed by atoms with E-state index in [9.17, 15) is 0 Å². The molecule has 0 aliphatic rings. The van der Waals surface area contributed by atoms with Gasteiger partial charge in [-0.3, -0.25) is 4.48 Å². The van der Waals surface area contributed by atoms with Crippen LogP contribution in [0.2, 0.25) is 0 Å². The predicted octanol–water partition coefficient (Wildman–Crippen LogP) is 0.466. The van der Waals surface area contributed by atoms with Gasteiger partial charge in [0, 0.05) is 17.7 Å². The van der Waals surface area contributed by atoms with E-state index >= 15 is 0 Å². The molecule has 102 valence electrons. The Bertz CT molecular complexity index is 494. The summed E-state index contributed by atoms with van der Waals surface area (Å²) in [6.07, 6.45) is 0. The zero-order chi connectivity index (χ0) is 13.0. The largest absolute Gasteiger partial charge is 1.00 e. The summed E-state index contributed by atoms with van der Waals surface area (Å²) in [6.45, 7) is 0.979. The molecule has 0 aromatic heterocycles. The highest BCUT2D eigenvalue weighted by molar-refractivity contribution is 5.45. The quantitative estimate of drug-likeness (QED) is 0.738.